The van der Waals surface area contributed by atoms with Crippen LogP contribution in [0.5, 0.6) is 0 Å². The molecular weight excluding hydrogens is 845 g/mol. The van der Waals surface area contributed by atoms with Crippen LogP contribution in [0.15, 0.2) is 170 Å². The molecule has 0 N–H and O–H groups in total. The lowest BCUT2D eigenvalue weighted by Gasteiger charge is -2.25. The van der Waals surface area contributed by atoms with Crippen LogP contribution in [0, 0.1) is 0 Å². The van der Waals surface area contributed by atoms with Gasteiger partial charge in [0.25, 0.3) is 0 Å². The first-order valence-corrected chi connectivity index (χ1v) is 25.4. The molecule has 0 spiro atoms. The second-order valence-corrected chi connectivity index (χ2v) is 23.3. The maximum Gasteiger partial charge on any atom is 0.0361 e. The fourth-order valence-electron chi connectivity index (χ4n) is 13.1. The van der Waals surface area contributed by atoms with Gasteiger partial charge >= 0.3 is 0 Å². The first-order chi connectivity index (χ1) is 32.5. The highest BCUT2D eigenvalue weighted by molar-refractivity contribution is 7.26. The van der Waals surface area contributed by atoms with Crippen molar-refractivity contribution in [3.05, 3.63) is 203 Å². The molecular formula is C65H46S2. The number of rotatable bonds is 2. The minimum absolute atomic E-state index is 0.181. The summed E-state index contributed by atoms with van der Waals surface area (Å²) in [5.41, 5.74) is 21.7. The number of hydrogen-bond donors (Lipinski definition) is 0. The van der Waals surface area contributed by atoms with E-state index in [1.807, 2.05) is 22.7 Å². The molecule has 2 aromatic heterocycles. The Bertz CT molecular complexity index is 3970. The first kappa shape index (κ1) is 38.3. The zero-order chi connectivity index (χ0) is 44.9. The van der Waals surface area contributed by atoms with Gasteiger partial charge in [-0.15, -0.1) is 22.7 Å². The lowest BCUT2D eigenvalue weighted by Crippen LogP contribution is -2.17. The molecule has 0 saturated carbocycles. The van der Waals surface area contributed by atoms with E-state index in [1.54, 1.807) is 0 Å². The van der Waals surface area contributed by atoms with Gasteiger partial charge in [-0.3, -0.25) is 0 Å². The lowest BCUT2D eigenvalue weighted by atomic mass is 9.78. The van der Waals surface area contributed by atoms with Crippen molar-refractivity contribution in [1.82, 2.24) is 0 Å². The summed E-state index contributed by atoms with van der Waals surface area (Å²) in [4.78, 5) is 0. The average Bonchev–Trinajstić information content (AvgIpc) is 4.08. The molecule has 0 nitrogen and oxygen atoms in total. The van der Waals surface area contributed by atoms with Crippen molar-refractivity contribution in [3.63, 3.8) is 0 Å². The van der Waals surface area contributed by atoms with Crippen LogP contribution in [0.4, 0.5) is 0 Å². The van der Waals surface area contributed by atoms with Crippen LogP contribution in [0.25, 0.3) is 118 Å². The Morgan fingerprint density at radius 3 is 1.00 bits per heavy atom. The monoisotopic (exact) mass is 890 g/mol. The maximum absolute atomic E-state index is 2.61. The third-order valence-electron chi connectivity index (χ3n) is 16.7. The van der Waals surface area contributed by atoms with Crippen LogP contribution >= 0.6 is 22.7 Å². The zero-order valence-corrected chi connectivity index (χ0v) is 40.1. The first-order valence-electron chi connectivity index (χ1n) is 23.8. The summed E-state index contributed by atoms with van der Waals surface area (Å²) in [5.74, 6) is 0. The normalized spacial score (nSPS) is 15.7. The third-order valence-corrected chi connectivity index (χ3v) is 18.9. The van der Waals surface area contributed by atoms with Crippen molar-refractivity contribution in [1.29, 1.82) is 0 Å². The molecule has 12 aromatic rings. The number of fused-ring (bicyclic) bond motifs is 19. The van der Waals surface area contributed by atoms with Gasteiger partial charge in [-0.05, 0) is 171 Å². The molecule has 0 saturated heterocycles. The van der Waals surface area contributed by atoms with Gasteiger partial charge in [-0.25, -0.2) is 0 Å². The minimum atomic E-state index is -0.187. The van der Waals surface area contributed by atoms with Gasteiger partial charge in [0.2, 0.25) is 0 Å². The van der Waals surface area contributed by atoms with Crippen LogP contribution in [0.2, 0.25) is 0 Å². The molecule has 2 heteroatoms. The Morgan fingerprint density at radius 1 is 0.254 bits per heavy atom. The van der Waals surface area contributed by atoms with Crippen LogP contribution in [0.1, 0.15) is 74.9 Å². The Balaban J connectivity index is 0.888. The van der Waals surface area contributed by atoms with E-state index in [4.69, 9.17) is 0 Å². The Hall–Kier alpha value is -6.84. The van der Waals surface area contributed by atoms with Gasteiger partial charge in [0.1, 0.15) is 0 Å². The number of benzene rings is 10. The fraction of sp³-hybridized carbons (Fsp3) is 0.138. The highest BCUT2D eigenvalue weighted by atomic mass is 32.1. The number of hydrogen-bond acceptors (Lipinski definition) is 2. The molecule has 0 unspecified atom stereocenters. The van der Waals surface area contributed by atoms with Crippen LogP contribution in [-0.4, -0.2) is 0 Å². The standard InChI is InChI=1S/C65H46S2/c1-63(2)51-33-49-53(64(3,4)55-29-45(37-15-7-9-19-43(37)61(49)55)35-23-25-41-39-17-11-13-21-57(39)66-59(41)27-35)31-47(51)48-32-54-50(34-52(48)63)62-44-20-10-8-16-38(44)46(30-56(62)65(54,5)6)36-24-26-42-40-18-12-14-22-58(40)67-60(42)28-36/h7-34H,1-6H3. The van der Waals surface area contributed by atoms with E-state index >= 15 is 0 Å². The Kier molecular flexibility index (Phi) is 7.30. The molecule has 10 aromatic carbocycles. The quantitative estimate of drug-likeness (QED) is 0.162. The zero-order valence-electron chi connectivity index (χ0n) is 38.5. The van der Waals surface area contributed by atoms with Gasteiger partial charge < -0.3 is 0 Å². The van der Waals surface area contributed by atoms with Crippen LogP contribution in [-0.2, 0) is 16.2 Å². The predicted molar refractivity (Wildman–Crippen MR) is 291 cm³/mol. The van der Waals surface area contributed by atoms with Crippen molar-refractivity contribution >= 4 is 84.6 Å². The Morgan fingerprint density at radius 2 is 0.567 bits per heavy atom. The van der Waals surface area contributed by atoms with Crippen LogP contribution in [0.3, 0.4) is 0 Å². The fourth-order valence-corrected chi connectivity index (χ4v) is 15.4. The van der Waals surface area contributed by atoms with E-state index in [2.05, 4.69) is 211 Å². The van der Waals surface area contributed by atoms with E-state index in [0.717, 1.165) is 0 Å². The van der Waals surface area contributed by atoms with Crippen LogP contribution < -0.4 is 0 Å². The predicted octanol–water partition coefficient (Wildman–Crippen LogP) is 19.0. The SMILES string of the molecule is CC1(C)c2cc3c(cc2-c2cc4c(cc21)-c1c(cc(-c2ccc5c(c2)sc2ccccc25)c2ccccc12)C4(C)C)C(C)(C)c1cc(-c2ccc4c(c2)sc2ccccc24)c2ccccc2c1-3. The van der Waals surface area contributed by atoms with Crippen molar-refractivity contribution in [2.75, 3.05) is 0 Å². The smallest absolute Gasteiger partial charge is 0.0361 e. The summed E-state index contributed by atoms with van der Waals surface area (Å²) in [6.07, 6.45) is 0. The molecule has 0 bridgehead atoms. The topological polar surface area (TPSA) is 0 Å². The molecule has 3 aliphatic carbocycles. The summed E-state index contributed by atoms with van der Waals surface area (Å²) >= 11 is 3.80. The molecule has 3 aliphatic rings. The summed E-state index contributed by atoms with van der Waals surface area (Å²) in [7, 11) is 0. The second kappa shape index (κ2) is 12.8. The Labute approximate surface area is 398 Å². The van der Waals surface area contributed by atoms with Crippen molar-refractivity contribution in [2.45, 2.75) is 57.8 Å². The maximum atomic E-state index is 2.61. The van der Waals surface area contributed by atoms with E-state index in [1.165, 1.54) is 151 Å². The van der Waals surface area contributed by atoms with Gasteiger partial charge in [-0.1, -0.05) is 151 Å². The molecule has 0 aliphatic heterocycles. The van der Waals surface area contributed by atoms with Gasteiger partial charge in [0.15, 0.2) is 0 Å². The molecule has 2 heterocycles. The lowest BCUT2D eigenvalue weighted by molar-refractivity contribution is 0.649. The van der Waals surface area contributed by atoms with Gasteiger partial charge in [0, 0.05) is 56.6 Å². The summed E-state index contributed by atoms with van der Waals surface area (Å²) < 4.78 is 5.39. The summed E-state index contributed by atoms with van der Waals surface area (Å²) in [6, 6.07) is 65.7. The molecule has 0 atom stereocenters. The molecule has 0 radical (unpaired) electrons. The minimum Gasteiger partial charge on any atom is -0.135 e. The second-order valence-electron chi connectivity index (χ2n) is 21.2. The van der Waals surface area contributed by atoms with Crippen molar-refractivity contribution in [2.24, 2.45) is 0 Å². The van der Waals surface area contributed by atoms with Crippen molar-refractivity contribution in [3.8, 4) is 55.6 Å². The molecule has 0 fully saturated rings. The van der Waals surface area contributed by atoms with E-state index in [-0.39, 0.29) is 16.2 Å². The number of thiophene rings is 2. The van der Waals surface area contributed by atoms with E-state index in [0.29, 0.717) is 0 Å². The molecule has 318 valence electrons. The van der Waals surface area contributed by atoms with Gasteiger partial charge in [-0.2, -0.15) is 0 Å². The third kappa shape index (κ3) is 4.87. The highest BCUT2D eigenvalue weighted by Gasteiger charge is 2.45. The van der Waals surface area contributed by atoms with E-state index in [9.17, 15) is 0 Å². The van der Waals surface area contributed by atoms with Gasteiger partial charge in [0.05, 0.1) is 0 Å². The van der Waals surface area contributed by atoms with Crippen molar-refractivity contribution < 1.29 is 0 Å². The highest BCUT2D eigenvalue weighted by Crippen LogP contribution is 2.61. The summed E-state index contributed by atoms with van der Waals surface area (Å²) in [5, 5.41) is 10.7. The molecule has 15 rings (SSSR count). The molecule has 67 heavy (non-hydrogen) atoms. The average molecular weight is 891 g/mol. The molecule has 0 amide bonds. The van der Waals surface area contributed by atoms with E-state index < -0.39 is 0 Å². The largest absolute Gasteiger partial charge is 0.135 e. The summed E-state index contributed by atoms with van der Waals surface area (Å²) in [6.45, 7) is 14.8.